The maximum absolute atomic E-state index is 12.4. The zero-order valence-corrected chi connectivity index (χ0v) is 14.2. The van der Waals surface area contributed by atoms with Gasteiger partial charge in [0.25, 0.3) is 5.91 Å². The van der Waals surface area contributed by atoms with Crippen LogP contribution in [0.2, 0.25) is 0 Å². The first-order valence-electron chi connectivity index (χ1n) is 8.63. The molecule has 5 heteroatoms. The topological polar surface area (TPSA) is 71.2 Å². The van der Waals surface area contributed by atoms with Gasteiger partial charge in [-0.25, -0.2) is 4.79 Å². The van der Waals surface area contributed by atoms with E-state index in [4.69, 9.17) is 4.74 Å². The number of carbonyl (C=O) groups is 2. The first-order chi connectivity index (χ1) is 11.6. The van der Waals surface area contributed by atoms with Gasteiger partial charge in [-0.15, -0.1) is 0 Å². The van der Waals surface area contributed by atoms with Gasteiger partial charge in [-0.3, -0.25) is 4.79 Å². The molecule has 128 valence electrons. The van der Waals surface area contributed by atoms with Gasteiger partial charge in [0, 0.05) is 23.1 Å². The van der Waals surface area contributed by atoms with Gasteiger partial charge in [-0.1, -0.05) is 38.0 Å². The fraction of sp³-hybridized carbons (Fsp3) is 0.474. The molecule has 0 unspecified atom stereocenters. The number of esters is 1. The zero-order valence-electron chi connectivity index (χ0n) is 14.2. The van der Waals surface area contributed by atoms with Crippen LogP contribution in [0.5, 0.6) is 0 Å². The Kier molecular flexibility index (Phi) is 4.88. The minimum atomic E-state index is -0.805. The quantitative estimate of drug-likeness (QED) is 0.845. The summed E-state index contributed by atoms with van der Waals surface area (Å²) in [5.41, 5.74) is 1.33. The van der Waals surface area contributed by atoms with Crippen LogP contribution >= 0.6 is 0 Å². The van der Waals surface area contributed by atoms with Gasteiger partial charge >= 0.3 is 5.97 Å². The van der Waals surface area contributed by atoms with E-state index in [1.54, 1.807) is 13.1 Å². The van der Waals surface area contributed by atoms with E-state index in [-0.39, 0.29) is 11.9 Å². The molecule has 1 aliphatic carbocycles. The Labute approximate surface area is 141 Å². The Morgan fingerprint density at radius 3 is 2.79 bits per heavy atom. The van der Waals surface area contributed by atoms with Crippen molar-refractivity contribution in [2.75, 3.05) is 0 Å². The van der Waals surface area contributed by atoms with Gasteiger partial charge in [-0.2, -0.15) is 0 Å². The monoisotopic (exact) mass is 328 g/mol. The third-order valence-electron chi connectivity index (χ3n) is 4.90. The highest BCUT2D eigenvalue weighted by molar-refractivity contribution is 6.04. The van der Waals surface area contributed by atoms with E-state index in [0.29, 0.717) is 11.5 Å². The lowest BCUT2D eigenvalue weighted by Crippen LogP contribution is -2.45. The largest absolute Gasteiger partial charge is 0.449 e. The predicted molar refractivity (Wildman–Crippen MR) is 92.7 cm³/mol. The molecule has 1 aliphatic rings. The third kappa shape index (κ3) is 3.45. The van der Waals surface area contributed by atoms with Gasteiger partial charge in [0.1, 0.15) is 0 Å². The number of amides is 1. The fourth-order valence-corrected chi connectivity index (χ4v) is 3.35. The fourth-order valence-electron chi connectivity index (χ4n) is 3.35. The van der Waals surface area contributed by atoms with E-state index in [9.17, 15) is 9.59 Å². The molecule has 1 aromatic heterocycles. The molecular weight excluding hydrogens is 304 g/mol. The van der Waals surface area contributed by atoms with Crippen molar-refractivity contribution in [3.63, 3.8) is 0 Å². The molecule has 0 radical (unpaired) electrons. The Balaban J connectivity index is 1.62. The molecule has 0 aliphatic heterocycles. The van der Waals surface area contributed by atoms with Gasteiger partial charge in [0.2, 0.25) is 0 Å². The lowest BCUT2D eigenvalue weighted by molar-refractivity contribution is -0.130. The van der Waals surface area contributed by atoms with E-state index in [0.717, 1.165) is 30.2 Å². The van der Waals surface area contributed by atoms with Crippen LogP contribution in [-0.2, 0) is 9.53 Å². The highest BCUT2D eigenvalue weighted by Gasteiger charge is 2.27. The number of benzene rings is 1. The van der Waals surface area contributed by atoms with E-state index in [1.807, 2.05) is 24.3 Å². The number of carbonyl (C=O) groups excluding carboxylic acids is 2. The molecule has 2 aromatic rings. The molecule has 1 fully saturated rings. The first kappa shape index (κ1) is 16.6. The summed E-state index contributed by atoms with van der Waals surface area (Å²) in [6.45, 7) is 3.78. The summed E-state index contributed by atoms with van der Waals surface area (Å²) in [6, 6.07) is 7.70. The Morgan fingerprint density at radius 2 is 2.00 bits per heavy atom. The van der Waals surface area contributed by atoms with Crippen LogP contribution < -0.4 is 5.32 Å². The molecule has 1 saturated carbocycles. The summed E-state index contributed by atoms with van der Waals surface area (Å²) in [5.74, 6) is -0.229. The lowest BCUT2D eigenvalue weighted by atomic mass is 9.86. The Bertz CT molecular complexity index is 737. The summed E-state index contributed by atoms with van der Waals surface area (Å²) < 4.78 is 5.37. The van der Waals surface area contributed by atoms with Crippen LogP contribution in [0, 0.1) is 5.92 Å². The number of aromatic nitrogens is 1. The molecule has 0 saturated heterocycles. The Morgan fingerprint density at radius 1 is 1.25 bits per heavy atom. The molecule has 1 amide bonds. The number of aromatic amines is 1. The Hall–Kier alpha value is -2.30. The predicted octanol–water partition coefficient (Wildman–Crippen LogP) is 3.41. The maximum Gasteiger partial charge on any atom is 0.341 e. The number of hydrogen-bond acceptors (Lipinski definition) is 3. The third-order valence-corrected chi connectivity index (χ3v) is 4.90. The molecule has 3 rings (SSSR count). The number of para-hydroxylation sites is 1. The molecule has 24 heavy (non-hydrogen) atoms. The molecule has 3 atom stereocenters. The average Bonchev–Trinajstić information content (AvgIpc) is 3.01. The molecule has 5 nitrogen and oxygen atoms in total. The number of fused-ring (bicyclic) bond motifs is 1. The first-order valence-corrected chi connectivity index (χ1v) is 8.63. The molecule has 0 spiro atoms. The van der Waals surface area contributed by atoms with Crippen LogP contribution in [-0.4, -0.2) is 29.0 Å². The van der Waals surface area contributed by atoms with Crippen LogP contribution in [0.3, 0.4) is 0 Å². The second-order valence-corrected chi connectivity index (χ2v) is 6.67. The van der Waals surface area contributed by atoms with Crippen molar-refractivity contribution in [1.82, 2.24) is 10.3 Å². The lowest BCUT2D eigenvalue weighted by Gasteiger charge is -2.30. The molecule has 0 bridgehead atoms. The van der Waals surface area contributed by atoms with E-state index in [1.165, 1.54) is 6.42 Å². The number of H-pyrrole nitrogens is 1. The van der Waals surface area contributed by atoms with Crippen molar-refractivity contribution < 1.29 is 14.3 Å². The summed E-state index contributed by atoms with van der Waals surface area (Å²) in [5, 5.41) is 3.83. The van der Waals surface area contributed by atoms with E-state index >= 15 is 0 Å². The van der Waals surface area contributed by atoms with Crippen LogP contribution in [0.4, 0.5) is 0 Å². The van der Waals surface area contributed by atoms with Crippen molar-refractivity contribution >= 4 is 22.8 Å². The van der Waals surface area contributed by atoms with Crippen LogP contribution in [0.25, 0.3) is 10.9 Å². The molecule has 1 aromatic carbocycles. The van der Waals surface area contributed by atoms with Crippen molar-refractivity contribution in [2.24, 2.45) is 5.92 Å². The highest BCUT2D eigenvalue weighted by Crippen LogP contribution is 2.24. The van der Waals surface area contributed by atoms with Crippen molar-refractivity contribution in [1.29, 1.82) is 0 Å². The smallest absolute Gasteiger partial charge is 0.341 e. The maximum atomic E-state index is 12.4. The summed E-state index contributed by atoms with van der Waals surface area (Å²) in [7, 11) is 0. The molecule has 2 N–H and O–H groups in total. The van der Waals surface area contributed by atoms with E-state index in [2.05, 4.69) is 17.2 Å². The minimum Gasteiger partial charge on any atom is -0.449 e. The van der Waals surface area contributed by atoms with Gasteiger partial charge in [0.05, 0.1) is 5.56 Å². The van der Waals surface area contributed by atoms with Gasteiger partial charge < -0.3 is 15.0 Å². The average molecular weight is 328 g/mol. The van der Waals surface area contributed by atoms with Gasteiger partial charge in [-0.05, 0) is 31.7 Å². The number of nitrogens with one attached hydrogen (secondary N) is 2. The van der Waals surface area contributed by atoms with E-state index < -0.39 is 12.1 Å². The summed E-state index contributed by atoms with van der Waals surface area (Å²) in [6.07, 6.45) is 5.31. The standard InChI is InChI=1S/C19H24N2O3/c1-12-7-3-5-9-16(12)21-18(22)13(2)24-19(23)15-11-20-17-10-6-4-8-14(15)17/h4,6,8,10-13,16,20H,3,5,7,9H2,1-2H3,(H,21,22)/t12-,13+,16+/m0/s1. The summed E-state index contributed by atoms with van der Waals surface area (Å²) >= 11 is 0. The number of rotatable bonds is 4. The summed E-state index contributed by atoms with van der Waals surface area (Å²) in [4.78, 5) is 27.7. The number of ether oxygens (including phenoxy) is 1. The normalized spacial score (nSPS) is 22.1. The van der Waals surface area contributed by atoms with Gasteiger partial charge in [0.15, 0.2) is 6.10 Å². The van der Waals surface area contributed by atoms with Crippen molar-refractivity contribution in [3.8, 4) is 0 Å². The molecular formula is C19H24N2O3. The SMILES string of the molecule is C[C@@H](OC(=O)c1c[nH]c2ccccc12)C(=O)N[C@@H]1CCCC[C@@H]1C. The highest BCUT2D eigenvalue weighted by atomic mass is 16.5. The minimum absolute atomic E-state index is 0.181. The van der Waals surface area contributed by atoms with Crippen LogP contribution in [0.15, 0.2) is 30.5 Å². The second kappa shape index (κ2) is 7.07. The van der Waals surface area contributed by atoms with Crippen molar-refractivity contribution in [3.05, 3.63) is 36.0 Å². The zero-order chi connectivity index (χ0) is 17.1. The van der Waals surface area contributed by atoms with Crippen molar-refractivity contribution in [2.45, 2.75) is 51.7 Å². The van der Waals surface area contributed by atoms with Crippen LogP contribution in [0.1, 0.15) is 49.9 Å². The number of hydrogen-bond donors (Lipinski definition) is 2. The molecule has 1 heterocycles. The second-order valence-electron chi connectivity index (χ2n) is 6.67.